The monoisotopic (exact) mass is 270 g/mol. The Hall–Kier alpha value is -1.58. The second kappa shape index (κ2) is 4.47. The average molecular weight is 270 g/mol. The van der Waals surface area contributed by atoms with Gasteiger partial charge in [-0.15, -0.1) is 0 Å². The van der Waals surface area contributed by atoms with Crippen molar-refractivity contribution in [2.45, 2.75) is 45.6 Å². The summed E-state index contributed by atoms with van der Waals surface area (Å²) in [6.45, 7) is 4.44. The highest BCUT2D eigenvalue weighted by Gasteiger charge is 2.41. The smallest absolute Gasteiger partial charge is 0.157 e. The molecule has 4 unspecified atom stereocenters. The lowest BCUT2D eigenvalue weighted by Crippen LogP contribution is -2.30. The molecule has 2 aromatic heterocycles. The SMILES string of the molecule is Cc1cc(NC(C)C2CC3CCC2C3)n2ncnc2c1. The summed E-state index contributed by atoms with van der Waals surface area (Å²) in [5.41, 5.74) is 2.15. The number of aromatic nitrogens is 3. The molecular formula is C16H22N4. The topological polar surface area (TPSA) is 42.2 Å². The molecule has 0 amide bonds. The van der Waals surface area contributed by atoms with Crippen molar-refractivity contribution in [3.8, 4) is 0 Å². The van der Waals surface area contributed by atoms with Gasteiger partial charge in [0.2, 0.25) is 0 Å². The fourth-order valence-corrected chi connectivity index (χ4v) is 4.41. The van der Waals surface area contributed by atoms with Crippen LogP contribution in [0.2, 0.25) is 0 Å². The first-order valence-electron chi connectivity index (χ1n) is 7.77. The van der Waals surface area contributed by atoms with Crippen LogP contribution in [0.3, 0.4) is 0 Å². The number of fused-ring (bicyclic) bond motifs is 3. The summed E-state index contributed by atoms with van der Waals surface area (Å²) in [5.74, 6) is 3.84. The lowest BCUT2D eigenvalue weighted by molar-refractivity contribution is 0.303. The molecule has 4 nitrogen and oxygen atoms in total. The number of hydrogen-bond donors (Lipinski definition) is 1. The highest BCUT2D eigenvalue weighted by atomic mass is 15.3. The van der Waals surface area contributed by atoms with Crippen molar-refractivity contribution in [3.05, 3.63) is 24.0 Å². The molecule has 2 aliphatic carbocycles. The fraction of sp³-hybridized carbons (Fsp3) is 0.625. The third-order valence-corrected chi connectivity index (χ3v) is 5.33. The maximum atomic E-state index is 4.33. The van der Waals surface area contributed by atoms with E-state index in [1.165, 1.54) is 31.2 Å². The third-order valence-electron chi connectivity index (χ3n) is 5.33. The van der Waals surface area contributed by atoms with E-state index in [0.29, 0.717) is 6.04 Å². The number of nitrogens with one attached hydrogen (secondary N) is 1. The van der Waals surface area contributed by atoms with Crippen molar-refractivity contribution >= 4 is 11.5 Å². The van der Waals surface area contributed by atoms with E-state index < -0.39 is 0 Å². The lowest BCUT2D eigenvalue weighted by atomic mass is 9.84. The normalized spacial score (nSPS) is 30.0. The minimum absolute atomic E-state index is 0.513. The van der Waals surface area contributed by atoms with Crippen LogP contribution in [0.4, 0.5) is 5.82 Å². The van der Waals surface area contributed by atoms with Crippen molar-refractivity contribution in [2.75, 3.05) is 5.32 Å². The average Bonchev–Trinajstić information content (AvgIpc) is 3.13. The summed E-state index contributed by atoms with van der Waals surface area (Å²) < 4.78 is 1.91. The molecule has 2 aromatic rings. The van der Waals surface area contributed by atoms with E-state index >= 15 is 0 Å². The zero-order chi connectivity index (χ0) is 13.7. The van der Waals surface area contributed by atoms with Gasteiger partial charge in [0, 0.05) is 6.04 Å². The van der Waals surface area contributed by atoms with E-state index in [1.54, 1.807) is 6.33 Å². The standard InChI is InChI=1S/C16H22N4/c1-10-5-15-17-9-18-20(15)16(6-10)19-11(2)14-8-12-3-4-13(14)7-12/h5-6,9,11-14,19H,3-4,7-8H2,1-2H3. The molecule has 2 aliphatic rings. The number of nitrogens with zero attached hydrogens (tertiary/aromatic N) is 3. The van der Waals surface area contributed by atoms with Crippen molar-refractivity contribution in [3.63, 3.8) is 0 Å². The van der Waals surface area contributed by atoms with Crippen LogP contribution >= 0.6 is 0 Å². The highest BCUT2D eigenvalue weighted by Crippen LogP contribution is 2.49. The molecule has 0 saturated heterocycles. The van der Waals surface area contributed by atoms with Gasteiger partial charge in [-0.1, -0.05) is 6.42 Å². The molecule has 0 aromatic carbocycles. The molecule has 20 heavy (non-hydrogen) atoms. The Kier molecular flexibility index (Phi) is 2.72. The molecule has 2 bridgehead atoms. The number of pyridine rings is 1. The van der Waals surface area contributed by atoms with Gasteiger partial charge in [0.25, 0.3) is 0 Å². The van der Waals surface area contributed by atoms with E-state index in [-0.39, 0.29) is 0 Å². The van der Waals surface area contributed by atoms with Crippen molar-refractivity contribution < 1.29 is 0 Å². The molecule has 1 N–H and O–H groups in total. The van der Waals surface area contributed by atoms with Gasteiger partial charge >= 0.3 is 0 Å². The second-order valence-electron chi connectivity index (χ2n) is 6.72. The van der Waals surface area contributed by atoms with Gasteiger partial charge in [0.1, 0.15) is 12.1 Å². The van der Waals surface area contributed by atoms with E-state index in [1.807, 2.05) is 4.52 Å². The Morgan fingerprint density at radius 3 is 2.95 bits per heavy atom. The van der Waals surface area contributed by atoms with Crippen molar-refractivity contribution in [1.82, 2.24) is 14.6 Å². The molecule has 106 valence electrons. The third kappa shape index (κ3) is 1.89. The zero-order valence-electron chi connectivity index (χ0n) is 12.2. The largest absolute Gasteiger partial charge is 0.367 e. The first-order chi connectivity index (χ1) is 9.70. The van der Waals surface area contributed by atoms with Gasteiger partial charge in [0.05, 0.1) is 0 Å². The predicted octanol–water partition coefficient (Wildman–Crippen LogP) is 3.27. The minimum atomic E-state index is 0.513. The summed E-state index contributed by atoms with van der Waals surface area (Å²) in [6.07, 6.45) is 7.40. The van der Waals surface area contributed by atoms with Crippen LogP contribution < -0.4 is 5.32 Å². The molecule has 4 rings (SSSR count). The summed E-state index contributed by atoms with van der Waals surface area (Å²) >= 11 is 0. The van der Waals surface area contributed by atoms with Crippen LogP contribution in [0.25, 0.3) is 5.65 Å². The van der Waals surface area contributed by atoms with E-state index in [9.17, 15) is 0 Å². The molecule has 4 heteroatoms. The molecule has 4 atom stereocenters. The number of hydrogen-bond acceptors (Lipinski definition) is 3. The summed E-state index contributed by atoms with van der Waals surface area (Å²) in [5, 5.41) is 8.03. The van der Waals surface area contributed by atoms with Gasteiger partial charge in [-0.2, -0.15) is 9.61 Å². The van der Waals surface area contributed by atoms with Gasteiger partial charge < -0.3 is 5.32 Å². The fourth-order valence-electron chi connectivity index (χ4n) is 4.41. The van der Waals surface area contributed by atoms with E-state index in [4.69, 9.17) is 0 Å². The van der Waals surface area contributed by atoms with Gasteiger partial charge in [-0.25, -0.2) is 4.98 Å². The molecule has 2 fully saturated rings. The Morgan fingerprint density at radius 1 is 1.30 bits per heavy atom. The Morgan fingerprint density at radius 2 is 2.20 bits per heavy atom. The van der Waals surface area contributed by atoms with Crippen molar-refractivity contribution in [2.24, 2.45) is 17.8 Å². The maximum Gasteiger partial charge on any atom is 0.157 e. The maximum absolute atomic E-state index is 4.33. The predicted molar refractivity (Wildman–Crippen MR) is 79.7 cm³/mol. The summed E-state index contributed by atoms with van der Waals surface area (Å²) in [6, 6.07) is 4.76. The second-order valence-corrected chi connectivity index (χ2v) is 6.72. The highest BCUT2D eigenvalue weighted by molar-refractivity contribution is 5.51. The number of anilines is 1. The summed E-state index contributed by atoms with van der Waals surface area (Å²) in [7, 11) is 0. The molecule has 2 heterocycles. The number of aryl methyl sites for hydroxylation is 1. The number of rotatable bonds is 3. The van der Waals surface area contributed by atoms with Crippen LogP contribution in [-0.2, 0) is 0 Å². The summed E-state index contributed by atoms with van der Waals surface area (Å²) in [4.78, 5) is 4.30. The molecular weight excluding hydrogens is 248 g/mol. The van der Waals surface area contributed by atoms with Crippen LogP contribution in [0.1, 0.15) is 38.2 Å². The zero-order valence-corrected chi connectivity index (χ0v) is 12.2. The van der Waals surface area contributed by atoms with Crippen LogP contribution in [0, 0.1) is 24.7 Å². The Bertz CT molecular complexity index is 632. The first kappa shape index (κ1) is 12.2. The molecule has 0 spiro atoms. The van der Waals surface area contributed by atoms with Crippen LogP contribution in [0.15, 0.2) is 18.5 Å². The van der Waals surface area contributed by atoms with Gasteiger partial charge in [-0.05, 0) is 68.6 Å². The molecule has 0 radical (unpaired) electrons. The molecule has 2 saturated carbocycles. The van der Waals surface area contributed by atoms with Crippen LogP contribution in [-0.4, -0.2) is 20.6 Å². The minimum Gasteiger partial charge on any atom is -0.367 e. The molecule has 0 aliphatic heterocycles. The Labute approximate surface area is 119 Å². The Balaban J connectivity index is 1.59. The quantitative estimate of drug-likeness (QED) is 0.930. The van der Waals surface area contributed by atoms with Crippen molar-refractivity contribution in [1.29, 1.82) is 0 Å². The van der Waals surface area contributed by atoms with Gasteiger partial charge in [0.15, 0.2) is 5.65 Å². The van der Waals surface area contributed by atoms with Gasteiger partial charge in [-0.3, -0.25) is 0 Å². The lowest BCUT2D eigenvalue weighted by Gasteiger charge is -2.29. The first-order valence-corrected chi connectivity index (χ1v) is 7.77. The van der Waals surface area contributed by atoms with E-state index in [2.05, 4.69) is 41.4 Å². The van der Waals surface area contributed by atoms with E-state index in [0.717, 1.165) is 29.2 Å². The van der Waals surface area contributed by atoms with Crippen LogP contribution in [0.5, 0.6) is 0 Å².